The molecule has 0 spiro atoms. The molecule has 0 N–H and O–H groups in total. The van der Waals surface area contributed by atoms with Gasteiger partial charge in [0, 0.05) is 25.2 Å². The average Bonchev–Trinajstić information content (AvgIpc) is 2.51. The van der Waals surface area contributed by atoms with E-state index in [1.807, 2.05) is 18.2 Å². The smallest absolute Gasteiger partial charge is 0.127 e. The van der Waals surface area contributed by atoms with Gasteiger partial charge in [0.1, 0.15) is 5.82 Å². The van der Waals surface area contributed by atoms with Crippen LogP contribution in [-0.2, 0) is 17.7 Å². The summed E-state index contributed by atoms with van der Waals surface area (Å²) in [5.74, 6) is -0.122. The predicted octanol–water partition coefficient (Wildman–Crippen LogP) is 3.27. The van der Waals surface area contributed by atoms with E-state index < -0.39 is 0 Å². The third-order valence-corrected chi connectivity index (χ3v) is 3.88. The van der Waals surface area contributed by atoms with E-state index in [4.69, 9.17) is 4.74 Å². The van der Waals surface area contributed by atoms with Crippen molar-refractivity contribution in [3.8, 4) is 0 Å². The van der Waals surface area contributed by atoms with Crippen LogP contribution >= 0.6 is 0 Å². The number of hydrogen-bond donors (Lipinski definition) is 0. The van der Waals surface area contributed by atoms with Gasteiger partial charge in [-0.1, -0.05) is 48.5 Å². The lowest BCUT2D eigenvalue weighted by Gasteiger charge is -2.33. The van der Waals surface area contributed by atoms with Gasteiger partial charge in [-0.25, -0.2) is 4.39 Å². The summed E-state index contributed by atoms with van der Waals surface area (Å²) in [7, 11) is 0. The average molecular weight is 285 g/mol. The molecule has 0 unspecified atom stereocenters. The molecule has 21 heavy (non-hydrogen) atoms. The molecule has 110 valence electrons. The minimum Gasteiger partial charge on any atom is -0.375 e. The van der Waals surface area contributed by atoms with Gasteiger partial charge in [-0.05, 0) is 18.1 Å². The second-order valence-electron chi connectivity index (χ2n) is 5.51. The molecule has 2 nitrogen and oxygen atoms in total. The van der Waals surface area contributed by atoms with E-state index in [0.717, 1.165) is 25.1 Å². The lowest BCUT2D eigenvalue weighted by molar-refractivity contribution is -0.0307. The Hall–Kier alpha value is -1.71. The zero-order valence-corrected chi connectivity index (χ0v) is 12.0. The molecule has 0 radical (unpaired) electrons. The van der Waals surface area contributed by atoms with Crippen LogP contribution in [0.2, 0.25) is 0 Å². The highest BCUT2D eigenvalue weighted by atomic mass is 19.1. The maximum Gasteiger partial charge on any atom is 0.127 e. The Kier molecular flexibility index (Phi) is 4.63. The monoisotopic (exact) mass is 285 g/mol. The first kappa shape index (κ1) is 14.2. The SMILES string of the molecule is Fc1ccccc1CN1CCO[C@@H](Cc2ccccc2)C1. The molecule has 1 atom stereocenters. The van der Waals surface area contributed by atoms with Gasteiger partial charge in [-0.15, -0.1) is 0 Å². The van der Waals surface area contributed by atoms with Crippen molar-refractivity contribution >= 4 is 0 Å². The van der Waals surface area contributed by atoms with Gasteiger partial charge >= 0.3 is 0 Å². The minimum absolute atomic E-state index is 0.122. The number of halogens is 1. The van der Waals surface area contributed by atoms with Gasteiger partial charge in [0.2, 0.25) is 0 Å². The van der Waals surface area contributed by atoms with Crippen molar-refractivity contribution in [1.82, 2.24) is 4.90 Å². The Morgan fingerprint density at radius 3 is 2.62 bits per heavy atom. The summed E-state index contributed by atoms with van der Waals surface area (Å²) in [5, 5.41) is 0. The fourth-order valence-corrected chi connectivity index (χ4v) is 2.79. The van der Waals surface area contributed by atoms with Crippen LogP contribution in [0.5, 0.6) is 0 Å². The second-order valence-corrected chi connectivity index (χ2v) is 5.51. The van der Waals surface area contributed by atoms with E-state index in [1.54, 1.807) is 6.07 Å². The van der Waals surface area contributed by atoms with E-state index in [2.05, 4.69) is 29.2 Å². The molecule has 1 aliphatic rings. The largest absolute Gasteiger partial charge is 0.375 e. The van der Waals surface area contributed by atoms with Crippen molar-refractivity contribution < 1.29 is 9.13 Å². The van der Waals surface area contributed by atoms with Crippen LogP contribution in [0.4, 0.5) is 4.39 Å². The lowest BCUT2D eigenvalue weighted by atomic mass is 10.1. The normalized spacial score (nSPS) is 19.6. The summed E-state index contributed by atoms with van der Waals surface area (Å²) >= 11 is 0. The fraction of sp³-hybridized carbons (Fsp3) is 0.333. The summed E-state index contributed by atoms with van der Waals surface area (Å²) < 4.78 is 19.6. The number of morpholine rings is 1. The first-order valence-corrected chi connectivity index (χ1v) is 7.42. The van der Waals surface area contributed by atoms with Crippen LogP contribution in [-0.4, -0.2) is 30.7 Å². The van der Waals surface area contributed by atoms with Gasteiger partial charge < -0.3 is 4.74 Å². The number of benzene rings is 2. The lowest BCUT2D eigenvalue weighted by Crippen LogP contribution is -2.42. The maximum atomic E-state index is 13.7. The molecule has 3 rings (SSSR count). The van der Waals surface area contributed by atoms with Crippen molar-refractivity contribution in [2.45, 2.75) is 19.1 Å². The summed E-state index contributed by atoms with van der Waals surface area (Å²) in [5.41, 5.74) is 2.05. The Bertz CT molecular complexity index is 572. The fourth-order valence-electron chi connectivity index (χ4n) is 2.79. The number of hydrogen-bond acceptors (Lipinski definition) is 2. The molecule has 3 heteroatoms. The zero-order valence-electron chi connectivity index (χ0n) is 12.0. The van der Waals surface area contributed by atoms with Crippen LogP contribution in [0, 0.1) is 5.82 Å². The number of rotatable bonds is 4. The van der Waals surface area contributed by atoms with Crippen LogP contribution in [0.15, 0.2) is 54.6 Å². The topological polar surface area (TPSA) is 12.5 Å². The van der Waals surface area contributed by atoms with Gasteiger partial charge in [-0.3, -0.25) is 4.90 Å². The van der Waals surface area contributed by atoms with Gasteiger partial charge in [0.05, 0.1) is 12.7 Å². The highest BCUT2D eigenvalue weighted by molar-refractivity contribution is 5.18. The van der Waals surface area contributed by atoms with Crippen molar-refractivity contribution in [2.24, 2.45) is 0 Å². The standard InChI is InChI=1S/C18H20FNO/c19-18-9-5-4-8-16(18)13-20-10-11-21-17(14-20)12-15-6-2-1-3-7-15/h1-9,17H,10-14H2/t17-/m0/s1. The minimum atomic E-state index is -0.122. The molecular formula is C18H20FNO. The predicted molar refractivity (Wildman–Crippen MR) is 81.6 cm³/mol. The van der Waals surface area contributed by atoms with Gasteiger partial charge in [0.25, 0.3) is 0 Å². The molecule has 0 saturated carbocycles. The maximum absolute atomic E-state index is 13.7. The Labute approximate surface area is 125 Å². The highest BCUT2D eigenvalue weighted by Crippen LogP contribution is 2.15. The summed E-state index contributed by atoms with van der Waals surface area (Å²) in [4.78, 5) is 2.27. The summed E-state index contributed by atoms with van der Waals surface area (Å²) in [6.45, 7) is 3.08. The van der Waals surface area contributed by atoms with E-state index in [0.29, 0.717) is 13.2 Å². The molecule has 2 aromatic carbocycles. The molecule has 1 saturated heterocycles. The highest BCUT2D eigenvalue weighted by Gasteiger charge is 2.21. The molecular weight excluding hydrogens is 265 g/mol. The third kappa shape index (κ3) is 3.90. The Morgan fingerprint density at radius 2 is 1.81 bits per heavy atom. The zero-order chi connectivity index (χ0) is 14.5. The third-order valence-electron chi connectivity index (χ3n) is 3.88. The Morgan fingerprint density at radius 1 is 1.05 bits per heavy atom. The van der Waals surface area contributed by atoms with Crippen LogP contribution in [0.25, 0.3) is 0 Å². The second kappa shape index (κ2) is 6.83. The van der Waals surface area contributed by atoms with Crippen molar-refractivity contribution in [1.29, 1.82) is 0 Å². The molecule has 0 amide bonds. The summed E-state index contributed by atoms with van der Waals surface area (Å²) in [6.07, 6.45) is 1.10. The molecule has 1 aliphatic heterocycles. The molecule has 0 aromatic heterocycles. The van der Waals surface area contributed by atoms with Crippen molar-refractivity contribution in [3.63, 3.8) is 0 Å². The van der Waals surface area contributed by atoms with Crippen LogP contribution in [0.1, 0.15) is 11.1 Å². The number of nitrogens with zero attached hydrogens (tertiary/aromatic N) is 1. The summed E-state index contributed by atoms with van der Waals surface area (Å²) in [6, 6.07) is 17.4. The van der Waals surface area contributed by atoms with Crippen molar-refractivity contribution in [2.75, 3.05) is 19.7 Å². The Balaban J connectivity index is 1.60. The van der Waals surface area contributed by atoms with Gasteiger partial charge in [0.15, 0.2) is 0 Å². The van der Waals surface area contributed by atoms with Crippen LogP contribution in [0.3, 0.4) is 0 Å². The molecule has 1 fully saturated rings. The number of ether oxygens (including phenoxy) is 1. The molecule has 0 aliphatic carbocycles. The first-order valence-electron chi connectivity index (χ1n) is 7.42. The quantitative estimate of drug-likeness (QED) is 0.855. The molecule has 2 aromatic rings. The van der Waals surface area contributed by atoms with Gasteiger partial charge in [-0.2, -0.15) is 0 Å². The molecule has 1 heterocycles. The molecule has 0 bridgehead atoms. The van der Waals surface area contributed by atoms with E-state index in [9.17, 15) is 4.39 Å². The first-order chi connectivity index (χ1) is 10.3. The van der Waals surface area contributed by atoms with E-state index in [-0.39, 0.29) is 11.9 Å². The van der Waals surface area contributed by atoms with Crippen LogP contribution < -0.4 is 0 Å². The van der Waals surface area contributed by atoms with Crippen molar-refractivity contribution in [3.05, 3.63) is 71.5 Å². The van der Waals surface area contributed by atoms with E-state index >= 15 is 0 Å². The van der Waals surface area contributed by atoms with E-state index in [1.165, 1.54) is 11.6 Å².